The second kappa shape index (κ2) is 9.97. The van der Waals surface area contributed by atoms with E-state index in [1.807, 2.05) is 13.0 Å². The molecule has 1 aromatic heterocycles. The molecule has 2 unspecified atom stereocenters. The summed E-state index contributed by atoms with van der Waals surface area (Å²) in [7, 11) is 0. The molecule has 5 nitrogen and oxygen atoms in total. The molecule has 27 heavy (non-hydrogen) atoms. The first kappa shape index (κ1) is 20.8. The lowest BCUT2D eigenvalue weighted by atomic mass is 10.00. The van der Waals surface area contributed by atoms with E-state index in [0.29, 0.717) is 24.1 Å². The number of thiophene rings is 1. The fourth-order valence-corrected chi connectivity index (χ4v) is 3.43. The van der Waals surface area contributed by atoms with Crippen molar-refractivity contribution < 1.29 is 19.8 Å². The number of aliphatic hydroxyl groups is 1. The number of rotatable bonds is 6. The number of hydrogen-bond donors (Lipinski definition) is 2. The highest BCUT2D eigenvalue weighted by Gasteiger charge is 2.28. The number of carboxylic acid groups (broad SMARTS) is 1. The maximum Gasteiger partial charge on any atom is 0.345 e. The lowest BCUT2D eigenvalue weighted by molar-refractivity contribution is -0.127. The predicted molar refractivity (Wildman–Crippen MR) is 105 cm³/mol. The number of hydrogen-bond acceptors (Lipinski definition) is 4. The van der Waals surface area contributed by atoms with Crippen molar-refractivity contribution in [3.05, 3.63) is 34.0 Å². The third-order valence-electron chi connectivity index (χ3n) is 4.37. The van der Waals surface area contributed by atoms with Gasteiger partial charge in [-0.15, -0.1) is 23.2 Å². The number of carboxylic acids is 1. The zero-order valence-electron chi connectivity index (χ0n) is 15.4. The molecule has 0 aliphatic carbocycles. The van der Waals surface area contributed by atoms with Crippen LogP contribution in [0.1, 0.15) is 47.7 Å². The molecule has 1 saturated heterocycles. The molecule has 6 heteroatoms. The molecule has 0 radical (unpaired) electrons. The van der Waals surface area contributed by atoms with Crippen LogP contribution in [0.2, 0.25) is 0 Å². The first-order valence-electron chi connectivity index (χ1n) is 8.79. The topological polar surface area (TPSA) is 77.8 Å². The fraction of sp³-hybridized carbons (Fsp3) is 0.429. The number of carbonyl (C=O) groups excluding carboxylic acids is 1. The third-order valence-corrected chi connectivity index (χ3v) is 5.36. The summed E-state index contributed by atoms with van der Waals surface area (Å²) in [5.74, 6) is 10.8. The van der Waals surface area contributed by atoms with Gasteiger partial charge in [-0.25, -0.2) is 4.79 Å². The monoisotopic (exact) mass is 385 g/mol. The molecule has 3 atom stereocenters. The van der Waals surface area contributed by atoms with Gasteiger partial charge in [-0.2, -0.15) is 0 Å². The highest BCUT2D eigenvalue weighted by atomic mass is 32.1. The third kappa shape index (κ3) is 5.99. The van der Waals surface area contributed by atoms with Crippen molar-refractivity contribution in [3.63, 3.8) is 0 Å². The van der Waals surface area contributed by atoms with Crippen LogP contribution in [0, 0.1) is 29.6 Å². The summed E-state index contributed by atoms with van der Waals surface area (Å²) in [5, 5.41) is 19.1. The molecule has 2 N–H and O–H groups in total. The van der Waals surface area contributed by atoms with Crippen LogP contribution in [-0.4, -0.2) is 45.7 Å². The lowest BCUT2D eigenvalue weighted by Gasteiger charge is -2.20. The van der Waals surface area contributed by atoms with Gasteiger partial charge in [0.1, 0.15) is 4.88 Å². The Bertz CT molecular complexity index is 834. The average molecular weight is 385 g/mol. The van der Waals surface area contributed by atoms with Gasteiger partial charge in [-0.05, 0) is 31.4 Å². The van der Waals surface area contributed by atoms with Gasteiger partial charge in [0.05, 0.1) is 23.6 Å². The second-order valence-corrected chi connectivity index (χ2v) is 7.47. The minimum Gasteiger partial charge on any atom is -0.477 e. The van der Waals surface area contributed by atoms with E-state index in [9.17, 15) is 14.7 Å². The number of nitrogens with zero attached hydrogens (tertiary/aromatic N) is 1. The van der Waals surface area contributed by atoms with Crippen molar-refractivity contribution in [2.45, 2.75) is 45.3 Å². The molecule has 1 fully saturated rings. The van der Waals surface area contributed by atoms with Crippen molar-refractivity contribution in [1.29, 1.82) is 0 Å². The highest BCUT2D eigenvalue weighted by Crippen LogP contribution is 2.21. The zero-order valence-corrected chi connectivity index (χ0v) is 16.3. The Labute approximate surface area is 163 Å². The van der Waals surface area contributed by atoms with Gasteiger partial charge in [0, 0.05) is 12.8 Å². The van der Waals surface area contributed by atoms with Gasteiger partial charge in [0.2, 0.25) is 5.91 Å². The smallest absolute Gasteiger partial charge is 0.345 e. The molecule has 1 amide bonds. The normalized spacial score (nSPS) is 18.6. The summed E-state index contributed by atoms with van der Waals surface area (Å²) in [5.41, 5.74) is 0. The van der Waals surface area contributed by atoms with Crippen LogP contribution < -0.4 is 0 Å². The summed E-state index contributed by atoms with van der Waals surface area (Å²) < 4.78 is 0. The van der Waals surface area contributed by atoms with Crippen molar-refractivity contribution in [2.24, 2.45) is 5.92 Å². The Hall–Kier alpha value is -2.54. The number of carbonyl (C=O) groups is 2. The first-order valence-corrected chi connectivity index (χ1v) is 9.61. The van der Waals surface area contributed by atoms with E-state index in [1.54, 1.807) is 24.0 Å². The van der Waals surface area contributed by atoms with E-state index in [4.69, 9.17) is 5.11 Å². The quantitative estimate of drug-likeness (QED) is 0.583. The zero-order chi connectivity index (χ0) is 19.8. The molecular weight excluding hydrogens is 362 g/mol. The van der Waals surface area contributed by atoms with Crippen LogP contribution >= 0.6 is 11.3 Å². The molecule has 0 saturated carbocycles. The van der Waals surface area contributed by atoms with Gasteiger partial charge in [0.25, 0.3) is 0 Å². The average Bonchev–Trinajstić information content (AvgIpc) is 3.25. The van der Waals surface area contributed by atoms with Crippen LogP contribution in [0.4, 0.5) is 0 Å². The lowest BCUT2D eigenvalue weighted by Crippen LogP contribution is -2.32. The molecule has 0 bridgehead atoms. The molecule has 0 spiro atoms. The van der Waals surface area contributed by atoms with Crippen LogP contribution in [0.3, 0.4) is 0 Å². The molecular formula is C21H23NO4S. The van der Waals surface area contributed by atoms with Crippen molar-refractivity contribution in [1.82, 2.24) is 4.90 Å². The summed E-state index contributed by atoms with van der Waals surface area (Å²) in [6, 6.07) is 3.11. The van der Waals surface area contributed by atoms with Crippen LogP contribution in [0.15, 0.2) is 24.3 Å². The molecule has 2 heterocycles. The van der Waals surface area contributed by atoms with Crippen LogP contribution in [0.25, 0.3) is 0 Å². The Morgan fingerprint density at radius 1 is 1.44 bits per heavy atom. The summed E-state index contributed by atoms with van der Waals surface area (Å²) in [6.07, 6.45) is 4.81. The summed E-state index contributed by atoms with van der Waals surface area (Å²) in [4.78, 5) is 25.6. The largest absolute Gasteiger partial charge is 0.477 e. The highest BCUT2D eigenvalue weighted by molar-refractivity contribution is 7.14. The second-order valence-electron chi connectivity index (χ2n) is 6.38. The fourth-order valence-electron chi connectivity index (χ4n) is 2.71. The van der Waals surface area contributed by atoms with Crippen LogP contribution in [-0.2, 0) is 4.79 Å². The molecule has 1 aliphatic rings. The minimum atomic E-state index is -0.967. The van der Waals surface area contributed by atoms with Crippen molar-refractivity contribution >= 4 is 23.2 Å². The van der Waals surface area contributed by atoms with E-state index >= 15 is 0 Å². The first-order chi connectivity index (χ1) is 12.9. The van der Waals surface area contributed by atoms with Crippen molar-refractivity contribution in [3.8, 4) is 23.7 Å². The summed E-state index contributed by atoms with van der Waals surface area (Å²) in [6.45, 7) is 3.99. The Kier molecular flexibility index (Phi) is 7.67. The van der Waals surface area contributed by atoms with Gasteiger partial charge < -0.3 is 15.1 Å². The van der Waals surface area contributed by atoms with Crippen molar-refractivity contribution in [2.75, 3.05) is 6.54 Å². The van der Waals surface area contributed by atoms with E-state index in [0.717, 1.165) is 11.3 Å². The van der Waals surface area contributed by atoms with E-state index in [-0.39, 0.29) is 29.3 Å². The van der Waals surface area contributed by atoms with Gasteiger partial charge in [-0.1, -0.05) is 30.9 Å². The molecule has 142 valence electrons. The Morgan fingerprint density at radius 2 is 2.22 bits per heavy atom. The maximum atomic E-state index is 12.1. The number of amides is 1. The molecule has 1 aromatic rings. The minimum absolute atomic E-state index is 0.0290. The predicted octanol–water partition coefficient (Wildman–Crippen LogP) is 2.76. The molecule has 1 aliphatic heterocycles. The van der Waals surface area contributed by atoms with E-state index < -0.39 is 12.1 Å². The van der Waals surface area contributed by atoms with E-state index in [2.05, 4.69) is 23.7 Å². The van der Waals surface area contributed by atoms with Gasteiger partial charge >= 0.3 is 5.97 Å². The number of aromatic carboxylic acids is 1. The number of likely N-dealkylation sites (tertiary alicyclic amines) is 1. The Balaban J connectivity index is 1.97. The van der Waals surface area contributed by atoms with Gasteiger partial charge in [-0.3, -0.25) is 4.79 Å². The molecule has 0 aromatic carbocycles. The SMILES string of the molecule is CC#CCC(C)C(O)/C=C/[C@H]1CCC(=O)N1CC#Cc1ccc(C(=O)O)s1. The van der Waals surface area contributed by atoms with Gasteiger partial charge in [0.15, 0.2) is 0 Å². The summed E-state index contributed by atoms with van der Waals surface area (Å²) >= 11 is 1.11. The maximum absolute atomic E-state index is 12.1. The number of aliphatic hydroxyl groups excluding tert-OH is 1. The molecule has 2 rings (SSSR count). The van der Waals surface area contributed by atoms with Crippen LogP contribution in [0.5, 0.6) is 0 Å². The Morgan fingerprint density at radius 3 is 2.89 bits per heavy atom. The van der Waals surface area contributed by atoms with E-state index in [1.165, 1.54) is 6.07 Å². The standard InChI is InChI=1S/C21H23NO4S/c1-3-4-6-15(2)18(23)11-8-16-9-13-20(24)22(16)14-5-7-17-10-12-19(27-17)21(25)26/h8,10-12,15-16,18,23H,6,9,13-14H2,1-2H3,(H,25,26)/b11-8+/t15?,16-,18?/m0/s1.